The molecular formula is C23H31N. The second-order valence-corrected chi connectivity index (χ2v) is 7.18. The summed E-state index contributed by atoms with van der Waals surface area (Å²) in [5.41, 5.74) is 5.68. The zero-order valence-corrected chi connectivity index (χ0v) is 15.6. The van der Waals surface area contributed by atoms with Crippen LogP contribution in [-0.2, 0) is 19.9 Å². The summed E-state index contributed by atoms with van der Waals surface area (Å²) >= 11 is 0. The van der Waals surface area contributed by atoms with E-state index in [0.29, 0.717) is 0 Å². The third-order valence-corrected chi connectivity index (χ3v) is 5.27. The molecule has 2 aromatic carbocycles. The SMILES string of the molecule is CCCCCc1ccc2c(c1)c1cc(CCCCC)ccc1n2C. The van der Waals surface area contributed by atoms with Crippen LogP contribution in [0, 0.1) is 0 Å². The zero-order chi connectivity index (χ0) is 16.9. The van der Waals surface area contributed by atoms with E-state index >= 15 is 0 Å². The van der Waals surface area contributed by atoms with E-state index in [1.54, 1.807) is 0 Å². The first kappa shape index (κ1) is 17.1. The van der Waals surface area contributed by atoms with Gasteiger partial charge in [-0.05, 0) is 61.1 Å². The molecule has 0 bridgehead atoms. The van der Waals surface area contributed by atoms with Gasteiger partial charge in [0.05, 0.1) is 0 Å². The van der Waals surface area contributed by atoms with Crippen LogP contribution in [0.4, 0.5) is 0 Å². The maximum absolute atomic E-state index is 2.43. The van der Waals surface area contributed by atoms with Gasteiger partial charge in [-0.1, -0.05) is 51.7 Å². The van der Waals surface area contributed by atoms with Gasteiger partial charge in [0.15, 0.2) is 0 Å². The Kier molecular flexibility index (Phi) is 5.60. The molecule has 0 saturated heterocycles. The van der Waals surface area contributed by atoms with Crippen LogP contribution in [0.1, 0.15) is 63.5 Å². The van der Waals surface area contributed by atoms with E-state index in [2.05, 4.69) is 61.9 Å². The highest BCUT2D eigenvalue weighted by molar-refractivity contribution is 6.08. The lowest BCUT2D eigenvalue weighted by Gasteiger charge is -2.03. The van der Waals surface area contributed by atoms with E-state index in [9.17, 15) is 0 Å². The highest BCUT2D eigenvalue weighted by Gasteiger charge is 2.09. The second-order valence-electron chi connectivity index (χ2n) is 7.18. The van der Waals surface area contributed by atoms with E-state index in [-0.39, 0.29) is 0 Å². The maximum Gasteiger partial charge on any atom is 0.0488 e. The van der Waals surface area contributed by atoms with Gasteiger partial charge in [0.1, 0.15) is 0 Å². The fourth-order valence-corrected chi connectivity index (χ4v) is 3.78. The van der Waals surface area contributed by atoms with Crippen molar-refractivity contribution >= 4 is 21.8 Å². The third kappa shape index (κ3) is 3.50. The van der Waals surface area contributed by atoms with E-state index in [0.717, 1.165) is 0 Å². The Hall–Kier alpha value is -1.76. The molecular weight excluding hydrogens is 290 g/mol. The van der Waals surface area contributed by atoms with Gasteiger partial charge < -0.3 is 4.57 Å². The molecule has 0 N–H and O–H groups in total. The monoisotopic (exact) mass is 321 g/mol. The molecule has 0 amide bonds. The molecule has 3 rings (SSSR count). The Morgan fingerprint density at radius 3 is 1.54 bits per heavy atom. The normalized spacial score (nSPS) is 11.6. The topological polar surface area (TPSA) is 4.93 Å². The van der Waals surface area contributed by atoms with Gasteiger partial charge in [-0.3, -0.25) is 0 Å². The lowest BCUT2D eigenvalue weighted by atomic mass is 10.0. The number of rotatable bonds is 8. The third-order valence-electron chi connectivity index (χ3n) is 5.27. The summed E-state index contributed by atoms with van der Waals surface area (Å²) in [4.78, 5) is 0. The molecule has 24 heavy (non-hydrogen) atoms. The molecule has 1 aromatic heterocycles. The van der Waals surface area contributed by atoms with Gasteiger partial charge in [-0.2, -0.15) is 0 Å². The number of aryl methyl sites for hydroxylation is 3. The minimum atomic E-state index is 1.20. The Bertz CT molecular complexity index is 742. The van der Waals surface area contributed by atoms with Gasteiger partial charge in [0.2, 0.25) is 0 Å². The quantitative estimate of drug-likeness (QED) is 0.402. The van der Waals surface area contributed by atoms with Crippen LogP contribution in [-0.4, -0.2) is 4.57 Å². The lowest BCUT2D eigenvalue weighted by molar-refractivity contribution is 0.717. The number of fused-ring (bicyclic) bond motifs is 3. The van der Waals surface area contributed by atoms with Crippen molar-refractivity contribution in [2.45, 2.75) is 65.2 Å². The Labute approximate surface area is 146 Å². The minimum absolute atomic E-state index is 1.20. The Balaban J connectivity index is 1.96. The lowest BCUT2D eigenvalue weighted by Crippen LogP contribution is -1.89. The van der Waals surface area contributed by atoms with Crippen LogP contribution in [0.2, 0.25) is 0 Å². The zero-order valence-electron chi connectivity index (χ0n) is 15.6. The summed E-state index contributed by atoms with van der Waals surface area (Å²) in [6.07, 6.45) is 10.2. The van der Waals surface area contributed by atoms with Crippen molar-refractivity contribution in [3.05, 3.63) is 47.5 Å². The molecule has 128 valence electrons. The summed E-state index contributed by atoms with van der Waals surface area (Å²) in [5, 5.41) is 2.86. The van der Waals surface area contributed by atoms with Crippen LogP contribution in [0.5, 0.6) is 0 Å². The van der Waals surface area contributed by atoms with Crippen molar-refractivity contribution < 1.29 is 0 Å². The molecule has 0 spiro atoms. The number of nitrogens with zero attached hydrogens (tertiary/aromatic N) is 1. The molecule has 1 nitrogen and oxygen atoms in total. The van der Waals surface area contributed by atoms with Gasteiger partial charge >= 0.3 is 0 Å². The van der Waals surface area contributed by atoms with E-state index in [1.807, 2.05) is 0 Å². The van der Waals surface area contributed by atoms with Gasteiger partial charge in [-0.25, -0.2) is 0 Å². The summed E-state index contributed by atoms with van der Waals surface area (Å²) in [6, 6.07) is 14.1. The van der Waals surface area contributed by atoms with Crippen LogP contribution in [0.25, 0.3) is 21.8 Å². The molecule has 3 aromatic rings. The smallest absolute Gasteiger partial charge is 0.0488 e. The first-order valence-corrected chi connectivity index (χ1v) is 9.74. The fraction of sp³-hybridized carbons (Fsp3) is 0.478. The van der Waals surface area contributed by atoms with Crippen molar-refractivity contribution in [3.63, 3.8) is 0 Å². The Morgan fingerprint density at radius 2 is 1.12 bits per heavy atom. The molecule has 1 heterocycles. The number of aromatic nitrogens is 1. The highest BCUT2D eigenvalue weighted by Crippen LogP contribution is 2.30. The molecule has 0 atom stereocenters. The fourth-order valence-electron chi connectivity index (χ4n) is 3.78. The molecule has 0 radical (unpaired) electrons. The predicted octanol–water partition coefficient (Wildman–Crippen LogP) is 6.80. The molecule has 0 aliphatic heterocycles. The summed E-state index contributed by atoms with van der Waals surface area (Å²) in [6.45, 7) is 4.54. The van der Waals surface area contributed by atoms with Crippen LogP contribution in [0.3, 0.4) is 0 Å². The van der Waals surface area contributed by atoms with Gasteiger partial charge in [0.25, 0.3) is 0 Å². The summed E-state index contributed by atoms with van der Waals surface area (Å²) < 4.78 is 2.34. The number of hydrogen-bond donors (Lipinski definition) is 0. The van der Waals surface area contributed by atoms with Crippen molar-refractivity contribution in [1.82, 2.24) is 4.57 Å². The minimum Gasteiger partial charge on any atom is -0.344 e. The molecule has 0 unspecified atom stereocenters. The molecule has 0 aliphatic rings. The van der Waals surface area contributed by atoms with E-state index in [4.69, 9.17) is 0 Å². The average molecular weight is 322 g/mol. The molecule has 0 fully saturated rings. The van der Waals surface area contributed by atoms with Gasteiger partial charge in [-0.15, -0.1) is 0 Å². The summed E-state index contributed by atoms with van der Waals surface area (Å²) in [7, 11) is 2.19. The van der Waals surface area contributed by atoms with Crippen LogP contribution in [0.15, 0.2) is 36.4 Å². The van der Waals surface area contributed by atoms with Crippen molar-refractivity contribution in [3.8, 4) is 0 Å². The van der Waals surface area contributed by atoms with Crippen molar-refractivity contribution in [1.29, 1.82) is 0 Å². The first-order valence-electron chi connectivity index (χ1n) is 9.74. The number of unbranched alkanes of at least 4 members (excludes halogenated alkanes) is 4. The standard InChI is InChI=1S/C23H31N/c1-4-6-8-10-18-12-14-22-20(16-18)21-17-19(11-9-7-5-2)13-15-23(21)24(22)3/h12-17H,4-11H2,1-3H3. The molecule has 1 heteroatoms. The largest absolute Gasteiger partial charge is 0.344 e. The van der Waals surface area contributed by atoms with Crippen molar-refractivity contribution in [2.24, 2.45) is 7.05 Å². The second kappa shape index (κ2) is 7.88. The van der Waals surface area contributed by atoms with Crippen molar-refractivity contribution in [2.75, 3.05) is 0 Å². The molecule has 0 saturated carbocycles. The average Bonchev–Trinajstić information content (AvgIpc) is 2.88. The van der Waals surface area contributed by atoms with Crippen LogP contribution >= 0.6 is 0 Å². The summed E-state index contributed by atoms with van der Waals surface area (Å²) in [5.74, 6) is 0. The predicted molar refractivity (Wildman–Crippen MR) is 107 cm³/mol. The number of benzene rings is 2. The van der Waals surface area contributed by atoms with E-state index in [1.165, 1.54) is 84.3 Å². The van der Waals surface area contributed by atoms with E-state index < -0.39 is 0 Å². The van der Waals surface area contributed by atoms with Crippen LogP contribution < -0.4 is 0 Å². The first-order chi connectivity index (χ1) is 11.7. The highest BCUT2D eigenvalue weighted by atomic mass is 14.9. The molecule has 0 aliphatic carbocycles. The maximum atomic E-state index is 2.43. The number of hydrogen-bond acceptors (Lipinski definition) is 0. The van der Waals surface area contributed by atoms with Gasteiger partial charge in [0, 0.05) is 28.9 Å². The Morgan fingerprint density at radius 1 is 0.667 bits per heavy atom.